The number of hydrogen-bond donors (Lipinski definition) is 0. The zero-order chi connectivity index (χ0) is 16.0. The van der Waals surface area contributed by atoms with Gasteiger partial charge in [0.05, 0.1) is 6.54 Å². The van der Waals surface area contributed by atoms with Gasteiger partial charge in [-0.1, -0.05) is 72.3 Å². The first-order valence-electron chi connectivity index (χ1n) is 6.54. The molecule has 2 aromatic rings. The second-order valence-electron chi connectivity index (χ2n) is 4.55. The molecule has 5 heteroatoms. The van der Waals surface area contributed by atoms with Crippen LogP contribution in [0.25, 0.3) is 5.57 Å². The van der Waals surface area contributed by atoms with E-state index in [1.54, 1.807) is 30.3 Å². The van der Waals surface area contributed by atoms with E-state index in [4.69, 9.17) is 11.6 Å². The summed E-state index contributed by atoms with van der Waals surface area (Å²) in [5.41, 5.74) is 1.15. The molecular weight excluding hydrogens is 311 g/mol. The van der Waals surface area contributed by atoms with E-state index in [1.807, 2.05) is 30.3 Å². The van der Waals surface area contributed by atoms with Gasteiger partial charge in [-0.05, 0) is 11.1 Å². The molecule has 0 unspecified atom stereocenters. The summed E-state index contributed by atoms with van der Waals surface area (Å²) in [7, 11) is 0. The Morgan fingerprint density at radius 1 is 0.955 bits per heavy atom. The van der Waals surface area contributed by atoms with Crippen LogP contribution in [0.1, 0.15) is 11.1 Å². The topological polar surface area (TPSA) is 12.4 Å². The number of benzene rings is 2. The molecule has 0 aliphatic carbocycles. The average Bonchev–Trinajstić information content (AvgIpc) is 2.52. The summed E-state index contributed by atoms with van der Waals surface area (Å²) in [6, 6.07) is 17.4. The van der Waals surface area contributed by atoms with Gasteiger partial charge in [-0.25, -0.2) is 0 Å². The van der Waals surface area contributed by atoms with Crippen LogP contribution in [0.4, 0.5) is 13.2 Å². The van der Waals surface area contributed by atoms with E-state index in [0.29, 0.717) is 12.1 Å². The molecule has 1 nitrogen and oxygen atoms in total. The Morgan fingerprint density at radius 3 is 2.05 bits per heavy atom. The fourth-order valence-corrected chi connectivity index (χ4v) is 2.01. The van der Waals surface area contributed by atoms with Crippen LogP contribution in [0.5, 0.6) is 0 Å². The zero-order valence-corrected chi connectivity index (χ0v) is 12.3. The molecule has 0 N–H and O–H groups in total. The molecule has 0 saturated carbocycles. The van der Waals surface area contributed by atoms with Crippen molar-refractivity contribution in [3.63, 3.8) is 0 Å². The molecule has 2 rings (SSSR count). The Hall–Kier alpha value is -2.07. The number of alkyl halides is 3. The number of rotatable bonds is 4. The fourth-order valence-electron chi connectivity index (χ4n) is 1.85. The molecule has 114 valence electrons. The molecule has 0 aliphatic rings. The summed E-state index contributed by atoms with van der Waals surface area (Å²) in [4.78, 5) is 4.09. The minimum Gasteiger partial charge on any atom is -0.288 e. The third-order valence-electron chi connectivity index (χ3n) is 2.91. The summed E-state index contributed by atoms with van der Waals surface area (Å²) in [6.07, 6.45) is -3.43. The summed E-state index contributed by atoms with van der Waals surface area (Å²) in [5.74, 6) is 0. The maximum Gasteiger partial charge on any atom is 0.427 e. The molecule has 2 aromatic carbocycles. The second-order valence-corrected chi connectivity index (χ2v) is 4.92. The Bertz CT molecular complexity index is 661. The first-order chi connectivity index (χ1) is 10.5. The highest BCUT2D eigenvalue weighted by Crippen LogP contribution is 2.34. The van der Waals surface area contributed by atoms with Crippen LogP contribution in [-0.4, -0.2) is 12.4 Å². The highest BCUT2D eigenvalue weighted by molar-refractivity contribution is 6.37. The van der Waals surface area contributed by atoms with Crippen LogP contribution in [0.3, 0.4) is 0 Å². The summed E-state index contributed by atoms with van der Waals surface area (Å²) in [6.45, 7) is 0.291. The first kappa shape index (κ1) is 16.3. The highest BCUT2D eigenvalue weighted by Gasteiger charge is 2.35. The Labute approximate surface area is 131 Å². The summed E-state index contributed by atoms with van der Waals surface area (Å²) >= 11 is 5.50. The van der Waals surface area contributed by atoms with Crippen LogP contribution in [0.15, 0.2) is 70.7 Å². The van der Waals surface area contributed by atoms with Crippen LogP contribution in [0, 0.1) is 0 Å². The predicted molar refractivity (Wildman–Crippen MR) is 83.9 cm³/mol. The van der Waals surface area contributed by atoms with E-state index in [0.717, 1.165) is 5.56 Å². The van der Waals surface area contributed by atoms with Gasteiger partial charge >= 0.3 is 6.18 Å². The van der Waals surface area contributed by atoms with Crippen molar-refractivity contribution in [2.24, 2.45) is 4.99 Å². The van der Waals surface area contributed by atoms with E-state index in [1.165, 1.54) is 6.21 Å². The average molecular weight is 324 g/mol. The van der Waals surface area contributed by atoms with Gasteiger partial charge in [0, 0.05) is 11.8 Å². The molecule has 0 heterocycles. The third-order valence-corrected chi connectivity index (χ3v) is 3.33. The van der Waals surface area contributed by atoms with Gasteiger partial charge in [0.25, 0.3) is 0 Å². The summed E-state index contributed by atoms with van der Waals surface area (Å²) < 4.78 is 38.7. The number of hydrogen-bond acceptors (Lipinski definition) is 1. The fraction of sp³-hybridized carbons (Fsp3) is 0.118. The molecule has 0 aromatic heterocycles. The van der Waals surface area contributed by atoms with E-state index in [9.17, 15) is 13.2 Å². The molecular formula is C17H13ClF3N. The number of allylic oxidation sites excluding steroid dienone is 2. The normalized spacial score (nSPS) is 13.3. The van der Waals surface area contributed by atoms with Crippen LogP contribution < -0.4 is 0 Å². The van der Waals surface area contributed by atoms with Crippen LogP contribution in [0.2, 0.25) is 0 Å². The molecule has 0 aliphatic heterocycles. The minimum atomic E-state index is -4.61. The van der Waals surface area contributed by atoms with Gasteiger partial charge in [0.2, 0.25) is 0 Å². The van der Waals surface area contributed by atoms with Gasteiger partial charge in [0.1, 0.15) is 5.03 Å². The van der Waals surface area contributed by atoms with Crippen molar-refractivity contribution >= 4 is 23.4 Å². The van der Waals surface area contributed by atoms with E-state index in [-0.39, 0.29) is 5.57 Å². The lowest BCUT2D eigenvalue weighted by Crippen LogP contribution is -2.10. The van der Waals surface area contributed by atoms with E-state index in [2.05, 4.69) is 4.99 Å². The standard InChI is InChI=1S/C17H13ClF3N/c18-16(17(19,20)21)15(14-9-5-2-6-10-14)12-22-11-13-7-3-1-4-8-13/h1-10,12H,11H2/b16-15+,22-12?. The van der Waals surface area contributed by atoms with Gasteiger partial charge < -0.3 is 0 Å². The van der Waals surface area contributed by atoms with Gasteiger partial charge in [-0.15, -0.1) is 0 Å². The van der Waals surface area contributed by atoms with Crippen molar-refractivity contribution in [1.29, 1.82) is 0 Å². The monoisotopic (exact) mass is 323 g/mol. The maximum atomic E-state index is 12.9. The number of nitrogens with zero attached hydrogens (tertiary/aromatic N) is 1. The molecule has 0 saturated heterocycles. The van der Waals surface area contributed by atoms with Gasteiger partial charge in [0.15, 0.2) is 0 Å². The second kappa shape index (κ2) is 7.27. The lowest BCUT2D eigenvalue weighted by atomic mass is 10.1. The van der Waals surface area contributed by atoms with Crippen LogP contribution in [-0.2, 0) is 6.54 Å². The molecule has 0 radical (unpaired) electrons. The van der Waals surface area contributed by atoms with Crippen molar-refractivity contribution in [2.75, 3.05) is 0 Å². The molecule has 0 spiro atoms. The van der Waals surface area contributed by atoms with Crippen molar-refractivity contribution in [3.8, 4) is 0 Å². The van der Waals surface area contributed by atoms with Gasteiger partial charge in [-0.2, -0.15) is 13.2 Å². The number of aliphatic imine (C=N–C) groups is 1. The molecule has 0 amide bonds. The Morgan fingerprint density at radius 2 is 1.50 bits per heavy atom. The van der Waals surface area contributed by atoms with Gasteiger partial charge in [-0.3, -0.25) is 4.99 Å². The molecule has 0 atom stereocenters. The van der Waals surface area contributed by atoms with Crippen molar-refractivity contribution in [2.45, 2.75) is 12.7 Å². The van der Waals surface area contributed by atoms with E-state index >= 15 is 0 Å². The third kappa shape index (κ3) is 4.46. The SMILES string of the molecule is FC(F)(F)/C(Cl)=C(/C=NCc1ccccc1)c1ccccc1. The lowest BCUT2D eigenvalue weighted by molar-refractivity contribution is -0.0838. The summed E-state index contributed by atoms with van der Waals surface area (Å²) in [5, 5.41) is -1.17. The van der Waals surface area contributed by atoms with Crippen molar-refractivity contribution in [3.05, 3.63) is 76.8 Å². The number of halogens is 4. The molecule has 0 fully saturated rings. The van der Waals surface area contributed by atoms with Crippen LogP contribution >= 0.6 is 11.6 Å². The Kier molecular flexibility index (Phi) is 5.39. The lowest BCUT2D eigenvalue weighted by Gasteiger charge is -2.10. The zero-order valence-electron chi connectivity index (χ0n) is 11.5. The maximum absolute atomic E-state index is 12.9. The van der Waals surface area contributed by atoms with Crippen molar-refractivity contribution in [1.82, 2.24) is 0 Å². The smallest absolute Gasteiger partial charge is 0.288 e. The largest absolute Gasteiger partial charge is 0.427 e. The van der Waals surface area contributed by atoms with Crippen molar-refractivity contribution < 1.29 is 13.2 Å². The molecule has 0 bridgehead atoms. The first-order valence-corrected chi connectivity index (χ1v) is 6.92. The Balaban J connectivity index is 2.30. The molecule has 22 heavy (non-hydrogen) atoms. The van der Waals surface area contributed by atoms with E-state index < -0.39 is 11.2 Å². The highest BCUT2D eigenvalue weighted by atomic mass is 35.5. The minimum absolute atomic E-state index is 0.134. The quantitative estimate of drug-likeness (QED) is 0.662. The predicted octanol–water partition coefficient (Wildman–Crippen LogP) is 5.47.